The van der Waals surface area contributed by atoms with Crippen molar-refractivity contribution in [2.75, 3.05) is 34.7 Å². The van der Waals surface area contributed by atoms with Gasteiger partial charge in [0.1, 0.15) is 17.3 Å². The fraction of sp³-hybridized carbons (Fsp3) is 0.0938. The number of nitrogen functional groups attached to an aromatic ring is 1. The van der Waals surface area contributed by atoms with Gasteiger partial charge in [-0.3, -0.25) is 9.44 Å². The molecule has 0 unspecified atom stereocenters. The maximum absolute atomic E-state index is 13.9. The summed E-state index contributed by atoms with van der Waals surface area (Å²) in [5, 5.41) is 4.82. The molecule has 306 valence electrons. The van der Waals surface area contributed by atoms with Gasteiger partial charge in [-0.15, -0.1) is 0 Å². The molecule has 5 aromatic rings. The Balaban J connectivity index is 0.000000266. The van der Waals surface area contributed by atoms with E-state index in [0.29, 0.717) is 5.76 Å². The summed E-state index contributed by atoms with van der Waals surface area (Å²) in [6.45, 7) is 0.0215. The highest BCUT2D eigenvalue weighted by Crippen LogP contribution is 2.33. The number of carbonyl (C=O) groups excluding carboxylic acids is 1. The Hall–Kier alpha value is -6.37. The number of urea groups is 1. The first-order chi connectivity index (χ1) is 26.6. The molecule has 0 atom stereocenters. The number of hydrogen-bond donors (Lipinski definition) is 5. The van der Waals surface area contributed by atoms with Crippen LogP contribution in [0.4, 0.5) is 71.4 Å². The van der Waals surface area contributed by atoms with Gasteiger partial charge >= 0.3 is 6.03 Å². The Bertz CT molecular complexity index is 2510. The van der Waals surface area contributed by atoms with Crippen LogP contribution < -0.4 is 35.3 Å². The smallest absolute Gasteiger partial charge is 0.319 e. The predicted octanol–water partition coefficient (Wildman–Crippen LogP) is 6.88. The lowest BCUT2D eigenvalue weighted by atomic mass is 10.2. The van der Waals surface area contributed by atoms with Gasteiger partial charge in [-0.05, 0) is 48.5 Å². The minimum absolute atomic E-state index is 0.0184. The number of anilines is 4. The Morgan fingerprint density at radius 1 is 0.632 bits per heavy atom. The second-order valence-electron chi connectivity index (χ2n) is 10.8. The molecular weight excluding hydrogens is 836 g/mol. The van der Waals surface area contributed by atoms with Crippen molar-refractivity contribution in [1.82, 2.24) is 5.32 Å². The summed E-state index contributed by atoms with van der Waals surface area (Å²) in [6.07, 6.45) is 1.40. The molecule has 0 aliphatic carbocycles. The van der Waals surface area contributed by atoms with Gasteiger partial charge in [0.05, 0.1) is 49.8 Å². The van der Waals surface area contributed by atoms with Crippen LogP contribution in [0.2, 0.25) is 0 Å². The van der Waals surface area contributed by atoms with Crippen molar-refractivity contribution in [2.24, 2.45) is 0 Å². The van der Waals surface area contributed by atoms with Crippen molar-refractivity contribution < 1.29 is 79.4 Å². The Morgan fingerprint density at radius 3 is 1.46 bits per heavy atom. The SMILES string of the molecule is COc1ccc(NS(=O)(=O)c2c(F)c(F)c(F)c(F)c2F)cc1N.COc1ccc(NS(=O)(=O)c2c(F)c(F)c(F)c(F)c2F)cc1NC(=O)NCc1ccco1. The molecule has 0 spiro atoms. The van der Waals surface area contributed by atoms with Gasteiger partial charge in [0.2, 0.25) is 11.6 Å². The van der Waals surface area contributed by atoms with E-state index in [1.165, 1.54) is 32.6 Å². The van der Waals surface area contributed by atoms with Crippen molar-refractivity contribution in [2.45, 2.75) is 16.3 Å². The van der Waals surface area contributed by atoms with E-state index < -0.39 is 94.0 Å². The molecule has 0 radical (unpaired) electrons. The van der Waals surface area contributed by atoms with E-state index in [-0.39, 0.29) is 40.8 Å². The van der Waals surface area contributed by atoms with Crippen LogP contribution in [0.5, 0.6) is 11.5 Å². The minimum atomic E-state index is -5.27. The maximum Gasteiger partial charge on any atom is 0.319 e. The van der Waals surface area contributed by atoms with E-state index >= 15 is 0 Å². The van der Waals surface area contributed by atoms with Gasteiger partial charge in [-0.2, -0.15) is 0 Å². The number of hydrogen-bond acceptors (Lipinski definition) is 9. The molecule has 0 aliphatic heterocycles. The van der Waals surface area contributed by atoms with Crippen molar-refractivity contribution >= 4 is 48.8 Å². The molecule has 13 nitrogen and oxygen atoms in total. The summed E-state index contributed by atoms with van der Waals surface area (Å²) in [7, 11) is -7.84. The van der Waals surface area contributed by atoms with E-state index in [2.05, 4.69) is 10.6 Å². The van der Waals surface area contributed by atoms with Gasteiger partial charge in [0.15, 0.2) is 56.3 Å². The number of methoxy groups -OCH3 is 2. The standard InChI is InChI=1S/C19H14F5N3O5S.C13H9F5N2O3S/c1-31-12-5-4-9(7-11(12)26-19(28)25-8-10-3-2-6-32-10)27-33(29,30)18-16(23)14(21)13(20)15(22)17(18)24;1-23-7-3-2-5(4-6(7)19)20-24(21,22)13-11(17)9(15)8(14)10(16)12(13)18/h2-7,27H,8H2,1H3,(H2,25,26,28);2-4,20H,19H2,1H3. The van der Waals surface area contributed by atoms with E-state index in [1.54, 1.807) is 21.6 Å². The number of nitrogens with two attached hydrogens (primary N) is 1. The second-order valence-corrected chi connectivity index (χ2v) is 14.0. The molecule has 25 heteroatoms. The summed E-state index contributed by atoms with van der Waals surface area (Å²) >= 11 is 0. The van der Waals surface area contributed by atoms with Gasteiger partial charge in [-0.25, -0.2) is 65.5 Å². The van der Waals surface area contributed by atoms with Crippen molar-refractivity contribution in [1.29, 1.82) is 0 Å². The summed E-state index contributed by atoms with van der Waals surface area (Å²) in [5.74, 6) is -23.8. The van der Waals surface area contributed by atoms with Crippen LogP contribution in [-0.4, -0.2) is 37.1 Å². The van der Waals surface area contributed by atoms with Crippen LogP contribution in [0.25, 0.3) is 0 Å². The van der Waals surface area contributed by atoms with Crippen LogP contribution >= 0.6 is 0 Å². The quantitative estimate of drug-likeness (QED) is 0.0408. The highest BCUT2D eigenvalue weighted by molar-refractivity contribution is 7.93. The fourth-order valence-electron chi connectivity index (χ4n) is 4.47. The lowest BCUT2D eigenvalue weighted by Crippen LogP contribution is -2.28. The average Bonchev–Trinajstić information content (AvgIpc) is 3.68. The zero-order chi connectivity index (χ0) is 42.6. The number of halogens is 10. The molecule has 0 bridgehead atoms. The summed E-state index contributed by atoms with van der Waals surface area (Å²) in [6, 6.07) is 9.16. The van der Waals surface area contributed by atoms with Gasteiger partial charge in [0.25, 0.3) is 20.0 Å². The molecule has 5 rings (SSSR count). The molecule has 0 saturated carbocycles. The first-order valence-electron chi connectivity index (χ1n) is 14.9. The Labute approximate surface area is 314 Å². The number of carbonyl (C=O) groups is 1. The first-order valence-corrected chi connectivity index (χ1v) is 17.9. The highest BCUT2D eigenvalue weighted by atomic mass is 32.2. The lowest BCUT2D eigenvalue weighted by Gasteiger charge is -2.15. The molecule has 2 amide bonds. The number of ether oxygens (including phenoxy) is 2. The Kier molecular flexibility index (Phi) is 13.1. The number of nitrogens with one attached hydrogen (secondary N) is 4. The second kappa shape index (κ2) is 17.2. The number of furan rings is 1. The number of benzene rings is 4. The zero-order valence-corrected chi connectivity index (χ0v) is 30.0. The average molecular weight is 860 g/mol. The third kappa shape index (κ3) is 9.37. The van der Waals surface area contributed by atoms with E-state index in [0.717, 1.165) is 24.3 Å². The minimum Gasteiger partial charge on any atom is -0.495 e. The molecule has 57 heavy (non-hydrogen) atoms. The number of rotatable bonds is 11. The summed E-state index contributed by atoms with van der Waals surface area (Å²) < 4.78 is 202. The monoisotopic (exact) mass is 859 g/mol. The van der Waals surface area contributed by atoms with Crippen molar-refractivity contribution in [3.8, 4) is 11.5 Å². The summed E-state index contributed by atoms with van der Waals surface area (Å²) in [4.78, 5) is 8.07. The maximum atomic E-state index is 13.9. The molecule has 0 aliphatic rings. The van der Waals surface area contributed by atoms with Crippen LogP contribution in [0, 0.1) is 58.2 Å². The van der Waals surface area contributed by atoms with Gasteiger partial charge < -0.3 is 30.3 Å². The lowest BCUT2D eigenvalue weighted by molar-refractivity contribution is 0.250. The molecule has 1 aromatic heterocycles. The summed E-state index contributed by atoms with van der Waals surface area (Å²) in [5.41, 5.74) is 4.80. The van der Waals surface area contributed by atoms with Crippen LogP contribution in [-0.2, 0) is 26.6 Å². The third-order valence-electron chi connectivity index (χ3n) is 7.06. The van der Waals surface area contributed by atoms with Crippen LogP contribution in [0.1, 0.15) is 5.76 Å². The van der Waals surface area contributed by atoms with Gasteiger partial charge in [0, 0.05) is 0 Å². The molecule has 0 saturated heterocycles. The number of sulfonamides is 2. The van der Waals surface area contributed by atoms with Crippen molar-refractivity contribution in [3.63, 3.8) is 0 Å². The molecule has 0 fully saturated rings. The fourth-order valence-corrected chi connectivity index (χ4v) is 6.85. The largest absolute Gasteiger partial charge is 0.495 e. The van der Waals surface area contributed by atoms with E-state index in [9.17, 15) is 65.5 Å². The van der Waals surface area contributed by atoms with Crippen LogP contribution in [0.15, 0.2) is 69.0 Å². The topological polar surface area (TPSA) is 191 Å². The molecule has 6 N–H and O–H groups in total. The molecule has 1 heterocycles. The molecular formula is C32H23F10N5O8S2. The van der Waals surface area contributed by atoms with E-state index in [1.807, 2.05) is 0 Å². The first kappa shape index (κ1) is 43.4. The predicted molar refractivity (Wildman–Crippen MR) is 179 cm³/mol. The van der Waals surface area contributed by atoms with Crippen LogP contribution in [0.3, 0.4) is 0 Å². The highest BCUT2D eigenvalue weighted by Gasteiger charge is 2.35. The molecule has 4 aromatic carbocycles. The zero-order valence-electron chi connectivity index (χ0n) is 28.3. The Morgan fingerprint density at radius 2 is 1.05 bits per heavy atom. The number of amides is 2. The van der Waals surface area contributed by atoms with Gasteiger partial charge in [-0.1, -0.05) is 0 Å². The third-order valence-corrected chi connectivity index (χ3v) is 9.86. The van der Waals surface area contributed by atoms with Crippen molar-refractivity contribution in [3.05, 3.63) is 119 Å². The van der Waals surface area contributed by atoms with E-state index in [4.69, 9.17) is 19.6 Å². The normalized spacial score (nSPS) is 11.3.